The van der Waals surface area contributed by atoms with Gasteiger partial charge in [-0.25, -0.2) is 8.42 Å². The monoisotopic (exact) mass is 347 g/mol. The Kier molecular flexibility index (Phi) is 5.50. The Bertz CT molecular complexity index is 842. The molecule has 0 bridgehead atoms. The molecule has 0 spiro atoms. The van der Waals surface area contributed by atoms with E-state index in [1.807, 2.05) is 6.07 Å². The topological polar surface area (TPSA) is 74.1 Å². The minimum absolute atomic E-state index is 0.0282. The highest BCUT2D eigenvalue weighted by Crippen LogP contribution is 2.20. The Hall–Kier alpha value is -2.20. The van der Waals surface area contributed by atoms with Gasteiger partial charge < -0.3 is 0 Å². The van der Waals surface area contributed by atoms with Crippen molar-refractivity contribution in [1.82, 2.24) is 9.29 Å². The first kappa shape index (κ1) is 17.2. The van der Waals surface area contributed by atoms with Gasteiger partial charge in [0.2, 0.25) is 10.0 Å². The summed E-state index contributed by atoms with van der Waals surface area (Å²) in [7, 11) is -3.75. The molecule has 0 aliphatic carbocycles. The lowest BCUT2D eigenvalue weighted by atomic mass is 10.1. The van der Waals surface area contributed by atoms with Crippen LogP contribution in [-0.4, -0.2) is 24.3 Å². The van der Waals surface area contributed by atoms with Gasteiger partial charge in [0.05, 0.1) is 16.7 Å². The van der Waals surface area contributed by atoms with Gasteiger partial charge in [-0.2, -0.15) is 9.57 Å². The van der Waals surface area contributed by atoms with Crippen molar-refractivity contribution < 1.29 is 8.42 Å². The van der Waals surface area contributed by atoms with E-state index in [9.17, 15) is 8.42 Å². The molecule has 2 aromatic rings. The summed E-state index contributed by atoms with van der Waals surface area (Å²) < 4.78 is 26.7. The summed E-state index contributed by atoms with van der Waals surface area (Å²) in [4.78, 5) is 3.85. The summed E-state index contributed by atoms with van der Waals surface area (Å²) in [6.07, 6.45) is 4.15. The second-order valence-corrected chi connectivity index (χ2v) is 7.11. The van der Waals surface area contributed by atoms with E-state index in [1.165, 1.54) is 28.8 Å². The molecule has 0 fully saturated rings. The van der Waals surface area contributed by atoms with Crippen molar-refractivity contribution in [3.63, 3.8) is 0 Å². The molecular formula is C16H14ClN3O2S. The molecule has 0 aliphatic heterocycles. The molecule has 7 heteroatoms. The van der Waals surface area contributed by atoms with Crippen LogP contribution in [0, 0.1) is 11.3 Å². The fourth-order valence-corrected chi connectivity index (χ4v) is 3.59. The number of pyridine rings is 1. The second kappa shape index (κ2) is 7.38. The van der Waals surface area contributed by atoms with E-state index in [0.29, 0.717) is 5.56 Å². The smallest absolute Gasteiger partial charge is 0.245 e. The zero-order chi connectivity index (χ0) is 16.9. The van der Waals surface area contributed by atoms with E-state index in [4.69, 9.17) is 16.9 Å². The quantitative estimate of drug-likeness (QED) is 0.753. The number of rotatable bonds is 6. The molecule has 1 aromatic carbocycles. The molecule has 1 heterocycles. The summed E-state index contributed by atoms with van der Waals surface area (Å²) in [6.45, 7) is 3.91. The second-order valence-electron chi connectivity index (χ2n) is 4.73. The van der Waals surface area contributed by atoms with Gasteiger partial charge in [-0.3, -0.25) is 4.98 Å². The van der Waals surface area contributed by atoms with Crippen molar-refractivity contribution in [1.29, 1.82) is 5.26 Å². The molecule has 0 aliphatic rings. The molecule has 1 aromatic heterocycles. The number of hydrogen-bond donors (Lipinski definition) is 0. The molecule has 23 heavy (non-hydrogen) atoms. The first-order valence-corrected chi connectivity index (χ1v) is 8.50. The average Bonchev–Trinajstić information content (AvgIpc) is 2.55. The lowest BCUT2D eigenvalue weighted by Gasteiger charge is -2.20. The van der Waals surface area contributed by atoms with Gasteiger partial charge in [0, 0.05) is 25.5 Å². The van der Waals surface area contributed by atoms with Crippen LogP contribution in [0.25, 0.3) is 0 Å². The molecule has 0 amide bonds. The van der Waals surface area contributed by atoms with Gasteiger partial charge in [-0.15, -0.1) is 6.58 Å². The van der Waals surface area contributed by atoms with E-state index in [2.05, 4.69) is 11.6 Å². The van der Waals surface area contributed by atoms with E-state index in [0.717, 1.165) is 5.56 Å². The Morgan fingerprint density at radius 2 is 2.00 bits per heavy atom. The number of nitriles is 1. The van der Waals surface area contributed by atoms with Crippen LogP contribution in [0.15, 0.2) is 60.3 Å². The maximum absolute atomic E-state index is 12.7. The van der Waals surface area contributed by atoms with Gasteiger partial charge in [0.15, 0.2) is 0 Å². The molecule has 118 valence electrons. The normalized spacial score (nSPS) is 11.2. The summed E-state index contributed by atoms with van der Waals surface area (Å²) in [5.74, 6) is 0. The summed E-state index contributed by atoms with van der Waals surface area (Å²) in [5, 5.41) is 9.06. The largest absolute Gasteiger partial charge is 0.262 e. The summed E-state index contributed by atoms with van der Waals surface area (Å²) in [5.41, 5.74) is 1.29. The van der Waals surface area contributed by atoms with Gasteiger partial charge in [-0.05, 0) is 23.8 Å². The molecule has 0 saturated carbocycles. The Morgan fingerprint density at radius 3 is 2.57 bits per heavy atom. The molecular weight excluding hydrogens is 334 g/mol. The van der Waals surface area contributed by atoms with E-state index in [-0.39, 0.29) is 23.0 Å². The van der Waals surface area contributed by atoms with Crippen molar-refractivity contribution in [2.45, 2.75) is 11.4 Å². The SMILES string of the molecule is C=CCN(Cc1ccc(C#N)cc1)S(=O)(=O)c1cncc(Cl)c1. The third kappa shape index (κ3) is 4.17. The lowest BCUT2D eigenvalue weighted by Crippen LogP contribution is -2.31. The molecule has 0 saturated heterocycles. The highest BCUT2D eigenvalue weighted by molar-refractivity contribution is 7.89. The van der Waals surface area contributed by atoms with Crippen LogP contribution < -0.4 is 0 Å². The van der Waals surface area contributed by atoms with Crippen molar-refractivity contribution >= 4 is 21.6 Å². The first-order chi connectivity index (χ1) is 11.0. The van der Waals surface area contributed by atoms with Gasteiger partial charge in [0.25, 0.3) is 0 Å². The van der Waals surface area contributed by atoms with Crippen LogP contribution in [-0.2, 0) is 16.6 Å². The number of benzene rings is 1. The summed E-state index contributed by atoms with van der Waals surface area (Å²) >= 11 is 5.83. The van der Waals surface area contributed by atoms with Crippen LogP contribution in [0.2, 0.25) is 5.02 Å². The van der Waals surface area contributed by atoms with E-state index >= 15 is 0 Å². The first-order valence-electron chi connectivity index (χ1n) is 6.68. The predicted molar refractivity (Wildman–Crippen MR) is 88.2 cm³/mol. The fourth-order valence-electron chi connectivity index (χ4n) is 1.96. The molecule has 0 radical (unpaired) electrons. The Morgan fingerprint density at radius 1 is 1.30 bits per heavy atom. The minimum Gasteiger partial charge on any atom is -0.262 e. The maximum Gasteiger partial charge on any atom is 0.245 e. The van der Waals surface area contributed by atoms with E-state index < -0.39 is 10.0 Å². The number of aromatic nitrogens is 1. The van der Waals surface area contributed by atoms with Crippen molar-refractivity contribution in [2.24, 2.45) is 0 Å². The highest BCUT2D eigenvalue weighted by atomic mass is 35.5. The summed E-state index contributed by atoms with van der Waals surface area (Å²) in [6, 6.07) is 10.1. The number of nitrogens with zero attached hydrogens (tertiary/aromatic N) is 3. The van der Waals surface area contributed by atoms with Crippen LogP contribution >= 0.6 is 11.6 Å². The average molecular weight is 348 g/mol. The standard InChI is InChI=1S/C16H14ClN3O2S/c1-2-7-20(12-14-5-3-13(9-18)4-6-14)23(21,22)16-8-15(17)10-19-11-16/h2-6,8,10-11H,1,7,12H2. The highest BCUT2D eigenvalue weighted by Gasteiger charge is 2.24. The minimum atomic E-state index is -3.75. The Balaban J connectivity index is 2.33. The fraction of sp³-hybridized carbons (Fsp3) is 0.125. The number of hydrogen-bond acceptors (Lipinski definition) is 4. The van der Waals surface area contributed by atoms with Crippen molar-refractivity contribution in [3.8, 4) is 6.07 Å². The van der Waals surface area contributed by atoms with Gasteiger partial charge >= 0.3 is 0 Å². The third-order valence-corrected chi connectivity index (χ3v) is 5.08. The zero-order valence-corrected chi connectivity index (χ0v) is 13.8. The van der Waals surface area contributed by atoms with Crippen LogP contribution in [0.4, 0.5) is 0 Å². The number of halogens is 1. The molecule has 0 unspecified atom stereocenters. The third-order valence-electron chi connectivity index (χ3n) is 3.09. The molecule has 0 atom stereocenters. The van der Waals surface area contributed by atoms with Gasteiger partial charge in [-0.1, -0.05) is 29.8 Å². The van der Waals surface area contributed by atoms with Crippen molar-refractivity contribution in [2.75, 3.05) is 6.54 Å². The Labute approximate surface area is 140 Å². The predicted octanol–water partition coefficient (Wildman–Crippen LogP) is 2.98. The molecule has 0 N–H and O–H groups in total. The van der Waals surface area contributed by atoms with Gasteiger partial charge in [0.1, 0.15) is 4.90 Å². The number of sulfonamides is 1. The van der Waals surface area contributed by atoms with Crippen LogP contribution in [0.5, 0.6) is 0 Å². The lowest BCUT2D eigenvalue weighted by molar-refractivity contribution is 0.438. The van der Waals surface area contributed by atoms with Crippen molar-refractivity contribution in [3.05, 3.63) is 71.5 Å². The molecule has 2 rings (SSSR count). The van der Waals surface area contributed by atoms with E-state index in [1.54, 1.807) is 24.3 Å². The maximum atomic E-state index is 12.7. The molecule has 5 nitrogen and oxygen atoms in total. The van der Waals surface area contributed by atoms with Crippen LogP contribution in [0.3, 0.4) is 0 Å². The zero-order valence-electron chi connectivity index (χ0n) is 12.2. The van der Waals surface area contributed by atoms with Crippen LogP contribution in [0.1, 0.15) is 11.1 Å².